The fourth-order valence-electron chi connectivity index (χ4n) is 2.59. The Bertz CT molecular complexity index is 504. The maximum Gasteiger partial charge on any atom is 0 e. The molecular weight excluding hydrogens is 423 g/mol. The number of allylic oxidation sites excluding steroid dienone is 4. The second-order valence-corrected chi connectivity index (χ2v) is 5.07. The van der Waals surface area contributed by atoms with E-state index < -0.39 is 0 Å². The third kappa shape index (κ3) is 3.81. The molecule has 0 fully saturated rings. The van der Waals surface area contributed by atoms with Crippen molar-refractivity contribution in [2.24, 2.45) is 11.8 Å². The summed E-state index contributed by atoms with van der Waals surface area (Å²) < 4.78 is 0. The van der Waals surface area contributed by atoms with E-state index >= 15 is 0 Å². The van der Waals surface area contributed by atoms with Crippen LogP contribution < -0.4 is 0 Å². The second kappa shape index (κ2) is 7.41. The predicted molar refractivity (Wildman–Crippen MR) is 81.8 cm³/mol. The second-order valence-electron chi connectivity index (χ2n) is 5.07. The van der Waals surface area contributed by atoms with Crippen molar-refractivity contribution in [2.75, 3.05) is 0 Å². The summed E-state index contributed by atoms with van der Waals surface area (Å²) >= 11 is 0. The van der Waals surface area contributed by atoms with Crippen LogP contribution in [0.5, 0.6) is 0 Å². The molecule has 1 heteroatoms. The van der Waals surface area contributed by atoms with Crippen LogP contribution in [0.2, 0.25) is 0 Å². The van der Waals surface area contributed by atoms with Gasteiger partial charge in [-0.25, -0.2) is 0 Å². The molecule has 0 amide bonds. The van der Waals surface area contributed by atoms with Crippen LogP contribution in [0.25, 0.3) is 11.1 Å². The monoisotopic (exact) mass is 441 g/mol. The molecule has 0 nitrogen and oxygen atoms in total. The summed E-state index contributed by atoms with van der Waals surface area (Å²) in [6.45, 7) is 0. The van der Waals surface area contributed by atoms with Crippen LogP contribution in [-0.4, -0.2) is 0 Å². The molecule has 0 unspecified atom stereocenters. The molecule has 2 aliphatic rings. The zero-order valence-corrected chi connectivity index (χ0v) is 13.5. The third-order valence-corrected chi connectivity index (χ3v) is 3.64. The number of benzene rings is 2. The Morgan fingerprint density at radius 3 is 1.15 bits per heavy atom. The summed E-state index contributed by atoms with van der Waals surface area (Å²) in [6, 6.07) is 20.8. The number of hydrogen-bond acceptors (Lipinski definition) is 0. The number of fused-ring (bicyclic) bond motifs is 2. The Kier molecular flexibility index (Phi) is 5.56. The largest absolute Gasteiger partial charge is 0.0810 e. The molecule has 2 bridgehead atoms. The Morgan fingerprint density at radius 2 is 0.900 bits per heavy atom. The molecule has 2 aromatic rings. The summed E-state index contributed by atoms with van der Waals surface area (Å²) in [7, 11) is 0. The third-order valence-electron chi connectivity index (χ3n) is 3.64. The quantitative estimate of drug-likeness (QED) is 0.541. The molecule has 0 atom stereocenters. The number of hydrogen-bond donors (Lipinski definition) is 0. The average molecular weight is 441 g/mol. The number of rotatable bonds is 1. The first-order valence-electron chi connectivity index (χ1n) is 6.89. The maximum atomic E-state index is 2.30. The van der Waals surface area contributed by atoms with E-state index in [1.807, 2.05) is 12.1 Å². The summed E-state index contributed by atoms with van der Waals surface area (Å²) in [6.07, 6.45) is 10.5. The Labute approximate surface area is 135 Å². The van der Waals surface area contributed by atoms with Crippen molar-refractivity contribution in [1.29, 1.82) is 0 Å². The molecule has 0 N–H and O–H groups in total. The van der Waals surface area contributed by atoms with Gasteiger partial charge in [0.1, 0.15) is 0 Å². The molecule has 0 aromatic heterocycles. The van der Waals surface area contributed by atoms with Gasteiger partial charge in [-0.15, -0.1) is 0 Å². The minimum Gasteiger partial charge on any atom is -0.0810 e. The van der Waals surface area contributed by atoms with Gasteiger partial charge in [0.05, 0.1) is 0 Å². The van der Waals surface area contributed by atoms with Crippen molar-refractivity contribution in [2.45, 2.75) is 6.42 Å². The van der Waals surface area contributed by atoms with E-state index in [0.717, 1.165) is 11.8 Å². The average Bonchev–Trinajstić information content (AvgIpc) is 3.15. The van der Waals surface area contributed by atoms with E-state index in [2.05, 4.69) is 72.8 Å². The van der Waals surface area contributed by atoms with E-state index in [0.29, 0.717) is 0 Å². The van der Waals surface area contributed by atoms with Gasteiger partial charge in [0.25, 0.3) is 0 Å². The minimum atomic E-state index is 0. The van der Waals surface area contributed by atoms with Gasteiger partial charge in [-0.2, -0.15) is 0 Å². The molecule has 20 heavy (non-hydrogen) atoms. The molecule has 0 saturated heterocycles. The Morgan fingerprint density at radius 1 is 0.550 bits per heavy atom. The van der Waals surface area contributed by atoms with Crippen LogP contribution in [0, 0.1) is 11.8 Å². The summed E-state index contributed by atoms with van der Waals surface area (Å²) in [5.41, 5.74) is 2.55. The Hall–Kier alpha value is -1.39. The summed E-state index contributed by atoms with van der Waals surface area (Å²) in [5, 5.41) is 0. The van der Waals surface area contributed by atoms with Gasteiger partial charge in [-0.1, -0.05) is 85.0 Å². The zero-order valence-electron chi connectivity index (χ0n) is 11.3. The van der Waals surface area contributed by atoms with Crippen LogP contribution in [0.4, 0.5) is 0 Å². The molecule has 4 rings (SSSR count). The first kappa shape index (κ1) is 15.0. The van der Waals surface area contributed by atoms with Crippen LogP contribution in [0.15, 0.2) is 85.0 Å². The maximum absolute atomic E-state index is 2.30. The Balaban J connectivity index is 0.000000157. The SMILES string of the molecule is C1=CC2C=CC1C2.[Pt].c1ccc(-c2ccccc2)cc1. The fraction of sp³-hybridized carbons (Fsp3) is 0.158. The normalized spacial score (nSPS) is 21.0. The van der Waals surface area contributed by atoms with Crippen molar-refractivity contribution < 1.29 is 21.1 Å². The predicted octanol–water partition coefficient (Wildman–Crippen LogP) is 5.10. The van der Waals surface area contributed by atoms with Crippen molar-refractivity contribution in [3.8, 4) is 11.1 Å². The van der Waals surface area contributed by atoms with Gasteiger partial charge in [-0.05, 0) is 29.4 Å². The van der Waals surface area contributed by atoms with Crippen molar-refractivity contribution in [1.82, 2.24) is 0 Å². The summed E-state index contributed by atoms with van der Waals surface area (Å²) in [4.78, 5) is 0. The van der Waals surface area contributed by atoms with E-state index in [-0.39, 0.29) is 21.1 Å². The van der Waals surface area contributed by atoms with Crippen molar-refractivity contribution in [3.63, 3.8) is 0 Å². The zero-order chi connectivity index (χ0) is 12.9. The molecule has 2 aliphatic carbocycles. The van der Waals surface area contributed by atoms with Gasteiger partial charge in [0.15, 0.2) is 0 Å². The van der Waals surface area contributed by atoms with Gasteiger partial charge < -0.3 is 0 Å². The molecule has 2 aromatic carbocycles. The molecule has 0 spiro atoms. The van der Waals surface area contributed by atoms with Gasteiger partial charge in [0, 0.05) is 21.1 Å². The fourth-order valence-corrected chi connectivity index (χ4v) is 2.59. The van der Waals surface area contributed by atoms with Crippen molar-refractivity contribution in [3.05, 3.63) is 85.0 Å². The molecule has 0 aliphatic heterocycles. The molecule has 0 saturated carbocycles. The first-order valence-corrected chi connectivity index (χ1v) is 6.89. The topological polar surface area (TPSA) is 0 Å². The van der Waals surface area contributed by atoms with E-state index in [1.54, 1.807) is 0 Å². The van der Waals surface area contributed by atoms with Gasteiger partial charge in [-0.3, -0.25) is 0 Å². The van der Waals surface area contributed by atoms with Crippen LogP contribution in [0.3, 0.4) is 0 Å². The molecule has 0 radical (unpaired) electrons. The van der Waals surface area contributed by atoms with Gasteiger partial charge >= 0.3 is 0 Å². The standard InChI is InChI=1S/C12H10.C7H8.Pt/c1-3-7-11(8-4-1)12-9-5-2-6-10-12;1-2-7-4-3-6(1)5-7;/h1-10H;1-4,6-7H,5H2;. The minimum absolute atomic E-state index is 0. The first-order chi connectivity index (χ1) is 9.42. The van der Waals surface area contributed by atoms with Gasteiger partial charge in [0.2, 0.25) is 0 Å². The molecular formula is C19H18Pt. The molecule has 0 heterocycles. The smallest absolute Gasteiger partial charge is 0 e. The van der Waals surface area contributed by atoms with Crippen molar-refractivity contribution >= 4 is 0 Å². The van der Waals surface area contributed by atoms with Crippen LogP contribution in [0.1, 0.15) is 6.42 Å². The van der Waals surface area contributed by atoms with Crippen LogP contribution in [-0.2, 0) is 21.1 Å². The summed E-state index contributed by atoms with van der Waals surface area (Å²) in [5.74, 6) is 1.62. The van der Waals surface area contributed by atoms with E-state index in [9.17, 15) is 0 Å². The van der Waals surface area contributed by atoms with Crippen LogP contribution >= 0.6 is 0 Å². The van der Waals surface area contributed by atoms with E-state index in [1.165, 1.54) is 17.5 Å². The van der Waals surface area contributed by atoms with E-state index in [4.69, 9.17) is 0 Å². The molecule has 104 valence electrons.